The van der Waals surface area contributed by atoms with Gasteiger partial charge in [0.2, 0.25) is 0 Å². The number of piperidine rings is 1. The number of nitrogens with zero attached hydrogens (tertiary/aromatic N) is 1. The zero-order chi connectivity index (χ0) is 9.73. The Morgan fingerprint density at radius 2 is 2.31 bits per heavy atom. The van der Waals surface area contributed by atoms with Crippen molar-refractivity contribution in [1.82, 2.24) is 4.90 Å². The van der Waals surface area contributed by atoms with Crippen LogP contribution in [0.25, 0.3) is 0 Å². The Morgan fingerprint density at radius 3 is 2.92 bits per heavy atom. The maximum Gasteiger partial charge on any atom is 0.100 e. The molecule has 0 amide bonds. The Bertz CT molecular complexity index is 186. The molecule has 1 fully saturated rings. The molecule has 0 aliphatic carbocycles. The zero-order valence-corrected chi connectivity index (χ0v) is 8.37. The molecular formula is C9H16ClNO2. The summed E-state index contributed by atoms with van der Waals surface area (Å²) in [6, 6.07) is 0. The van der Waals surface area contributed by atoms with Gasteiger partial charge in [0, 0.05) is 18.6 Å². The van der Waals surface area contributed by atoms with Gasteiger partial charge in [0.25, 0.3) is 0 Å². The van der Waals surface area contributed by atoms with E-state index < -0.39 is 5.60 Å². The molecule has 1 heterocycles. The Balaban J connectivity index is 2.41. The summed E-state index contributed by atoms with van der Waals surface area (Å²) < 4.78 is 0. The second-order valence-corrected chi connectivity index (χ2v) is 3.83. The largest absolute Gasteiger partial charge is 0.393 e. The second kappa shape index (κ2) is 4.96. The average molecular weight is 206 g/mol. The van der Waals surface area contributed by atoms with Gasteiger partial charge in [-0.2, -0.15) is 0 Å². The molecule has 0 spiro atoms. The first-order chi connectivity index (χ1) is 6.20. The standard InChI is InChI=1S/C9H16ClNO2/c10-4-2-6-11-5-1-3-9(13,7-11)8-12/h2,4,12-13H,1,3,5-8H2/b4-2+. The molecule has 13 heavy (non-hydrogen) atoms. The normalized spacial score (nSPS) is 31.3. The lowest BCUT2D eigenvalue weighted by Gasteiger charge is -2.37. The van der Waals surface area contributed by atoms with Crippen LogP contribution in [0.2, 0.25) is 0 Å². The first kappa shape index (κ1) is 11.0. The summed E-state index contributed by atoms with van der Waals surface area (Å²) in [5.41, 5.74) is 0.574. The summed E-state index contributed by atoms with van der Waals surface area (Å²) in [7, 11) is 0. The molecule has 1 unspecified atom stereocenters. The van der Waals surface area contributed by atoms with E-state index in [2.05, 4.69) is 4.90 Å². The lowest BCUT2D eigenvalue weighted by Crippen LogP contribution is -2.50. The molecule has 0 saturated carbocycles. The third kappa shape index (κ3) is 3.27. The first-order valence-electron chi connectivity index (χ1n) is 4.51. The number of hydrogen-bond acceptors (Lipinski definition) is 3. The Labute approximate surface area is 83.6 Å². The van der Waals surface area contributed by atoms with E-state index in [-0.39, 0.29) is 6.61 Å². The van der Waals surface area contributed by atoms with Crippen molar-refractivity contribution in [2.75, 3.05) is 26.2 Å². The number of hydrogen-bond donors (Lipinski definition) is 2. The van der Waals surface area contributed by atoms with E-state index in [9.17, 15) is 5.11 Å². The lowest BCUT2D eigenvalue weighted by atomic mass is 9.94. The smallest absolute Gasteiger partial charge is 0.100 e. The van der Waals surface area contributed by atoms with Crippen molar-refractivity contribution in [2.24, 2.45) is 0 Å². The monoisotopic (exact) mass is 205 g/mol. The molecule has 1 saturated heterocycles. The fraction of sp³-hybridized carbons (Fsp3) is 0.778. The molecular weight excluding hydrogens is 190 g/mol. The molecule has 1 aliphatic heterocycles. The number of likely N-dealkylation sites (tertiary alicyclic amines) is 1. The highest BCUT2D eigenvalue weighted by Gasteiger charge is 2.31. The molecule has 3 nitrogen and oxygen atoms in total. The SMILES string of the molecule is OCC1(O)CCCN(C/C=C/Cl)C1. The van der Waals surface area contributed by atoms with Gasteiger partial charge in [-0.05, 0) is 19.4 Å². The predicted octanol–water partition coefficient (Wildman–Crippen LogP) is 0.558. The van der Waals surface area contributed by atoms with Crippen molar-refractivity contribution >= 4 is 11.6 Å². The highest BCUT2D eigenvalue weighted by molar-refractivity contribution is 6.25. The van der Waals surface area contributed by atoms with Crippen LogP contribution in [-0.2, 0) is 0 Å². The summed E-state index contributed by atoms with van der Waals surface area (Å²) in [5, 5.41) is 18.8. The van der Waals surface area contributed by atoms with Crippen molar-refractivity contribution in [3.8, 4) is 0 Å². The highest BCUT2D eigenvalue weighted by Crippen LogP contribution is 2.20. The number of halogens is 1. The molecule has 1 rings (SSSR count). The predicted molar refractivity (Wildman–Crippen MR) is 52.7 cm³/mol. The summed E-state index contributed by atoms with van der Waals surface area (Å²) in [5.74, 6) is 0. The molecule has 0 aromatic heterocycles. The molecule has 0 aromatic carbocycles. The van der Waals surface area contributed by atoms with E-state index in [1.807, 2.05) is 6.08 Å². The number of aliphatic hydroxyl groups is 2. The van der Waals surface area contributed by atoms with Gasteiger partial charge in [0.15, 0.2) is 0 Å². The maximum absolute atomic E-state index is 9.80. The van der Waals surface area contributed by atoms with Crippen molar-refractivity contribution in [2.45, 2.75) is 18.4 Å². The van der Waals surface area contributed by atoms with Crippen LogP contribution in [0.4, 0.5) is 0 Å². The van der Waals surface area contributed by atoms with Gasteiger partial charge in [-0.15, -0.1) is 0 Å². The van der Waals surface area contributed by atoms with Crippen LogP contribution in [0.5, 0.6) is 0 Å². The lowest BCUT2D eigenvalue weighted by molar-refractivity contribution is -0.0643. The average Bonchev–Trinajstić information content (AvgIpc) is 2.15. The van der Waals surface area contributed by atoms with Gasteiger partial charge >= 0.3 is 0 Å². The van der Waals surface area contributed by atoms with E-state index in [0.717, 1.165) is 19.5 Å². The minimum atomic E-state index is -0.904. The van der Waals surface area contributed by atoms with Crippen LogP contribution in [0.1, 0.15) is 12.8 Å². The van der Waals surface area contributed by atoms with Gasteiger partial charge in [-0.25, -0.2) is 0 Å². The summed E-state index contributed by atoms with van der Waals surface area (Å²) >= 11 is 5.41. The van der Waals surface area contributed by atoms with Gasteiger partial charge in [0.1, 0.15) is 5.60 Å². The molecule has 76 valence electrons. The summed E-state index contributed by atoms with van der Waals surface area (Å²) in [6.07, 6.45) is 3.45. The molecule has 0 bridgehead atoms. The van der Waals surface area contributed by atoms with Crippen LogP contribution in [0.15, 0.2) is 11.6 Å². The van der Waals surface area contributed by atoms with E-state index >= 15 is 0 Å². The van der Waals surface area contributed by atoms with Crippen molar-refractivity contribution < 1.29 is 10.2 Å². The third-order valence-electron chi connectivity index (χ3n) is 2.38. The van der Waals surface area contributed by atoms with Crippen LogP contribution < -0.4 is 0 Å². The number of aliphatic hydroxyl groups excluding tert-OH is 1. The topological polar surface area (TPSA) is 43.7 Å². The first-order valence-corrected chi connectivity index (χ1v) is 4.95. The fourth-order valence-corrected chi connectivity index (χ4v) is 1.76. The molecule has 0 radical (unpaired) electrons. The Kier molecular flexibility index (Phi) is 4.19. The molecule has 4 heteroatoms. The molecule has 0 aromatic rings. The Morgan fingerprint density at radius 1 is 1.54 bits per heavy atom. The van der Waals surface area contributed by atoms with E-state index in [1.165, 1.54) is 5.54 Å². The quantitative estimate of drug-likeness (QED) is 0.708. The zero-order valence-electron chi connectivity index (χ0n) is 7.62. The van der Waals surface area contributed by atoms with E-state index in [4.69, 9.17) is 16.7 Å². The van der Waals surface area contributed by atoms with Crippen molar-refractivity contribution in [1.29, 1.82) is 0 Å². The van der Waals surface area contributed by atoms with Gasteiger partial charge in [0.05, 0.1) is 6.61 Å². The Hall–Kier alpha value is -0.0900. The summed E-state index contributed by atoms with van der Waals surface area (Å²) in [6.45, 7) is 2.08. The number of rotatable bonds is 3. The number of β-amino-alcohol motifs (C(OH)–C–C–N with tert-alkyl or cyclic N) is 1. The minimum Gasteiger partial charge on any atom is -0.393 e. The van der Waals surface area contributed by atoms with E-state index in [0.29, 0.717) is 13.0 Å². The van der Waals surface area contributed by atoms with Gasteiger partial charge in [-0.1, -0.05) is 17.7 Å². The maximum atomic E-state index is 9.80. The van der Waals surface area contributed by atoms with Crippen molar-refractivity contribution in [3.05, 3.63) is 11.6 Å². The third-order valence-corrected chi connectivity index (χ3v) is 2.56. The van der Waals surface area contributed by atoms with Crippen LogP contribution in [0, 0.1) is 0 Å². The van der Waals surface area contributed by atoms with Gasteiger partial charge in [-0.3, -0.25) is 4.90 Å². The van der Waals surface area contributed by atoms with E-state index in [1.54, 1.807) is 0 Å². The van der Waals surface area contributed by atoms with Crippen LogP contribution >= 0.6 is 11.6 Å². The minimum absolute atomic E-state index is 0.159. The molecule has 2 N–H and O–H groups in total. The van der Waals surface area contributed by atoms with Crippen LogP contribution in [-0.4, -0.2) is 47.0 Å². The molecule has 1 atom stereocenters. The summed E-state index contributed by atoms with van der Waals surface area (Å²) in [4.78, 5) is 2.08. The van der Waals surface area contributed by atoms with Crippen LogP contribution in [0.3, 0.4) is 0 Å². The molecule has 1 aliphatic rings. The fourth-order valence-electron chi connectivity index (χ4n) is 1.68. The van der Waals surface area contributed by atoms with Crippen molar-refractivity contribution in [3.63, 3.8) is 0 Å². The second-order valence-electron chi connectivity index (χ2n) is 3.58. The highest BCUT2D eigenvalue weighted by atomic mass is 35.5. The van der Waals surface area contributed by atoms with Gasteiger partial charge < -0.3 is 10.2 Å².